The van der Waals surface area contributed by atoms with E-state index in [0.717, 1.165) is 5.56 Å². The fourth-order valence-electron chi connectivity index (χ4n) is 2.18. The van der Waals surface area contributed by atoms with Crippen molar-refractivity contribution in [2.75, 3.05) is 6.61 Å². The zero-order valence-corrected chi connectivity index (χ0v) is 15.7. The van der Waals surface area contributed by atoms with Gasteiger partial charge in [-0.15, -0.1) is 0 Å². The van der Waals surface area contributed by atoms with Gasteiger partial charge in [-0.3, -0.25) is 4.18 Å². The summed E-state index contributed by atoms with van der Waals surface area (Å²) in [4.78, 5) is 0. The summed E-state index contributed by atoms with van der Waals surface area (Å²) in [5, 5.41) is 28.8. The van der Waals surface area contributed by atoms with Gasteiger partial charge in [0.25, 0.3) is 0 Å². The molecule has 1 heterocycles. The first-order valence-corrected chi connectivity index (χ1v) is 8.07. The van der Waals surface area contributed by atoms with Crippen molar-refractivity contribution in [2.24, 2.45) is 0 Å². The van der Waals surface area contributed by atoms with Gasteiger partial charge in [-0.2, -0.15) is 0 Å². The first kappa shape index (κ1) is 21.9. The second-order valence-electron chi connectivity index (χ2n) is 4.97. The van der Waals surface area contributed by atoms with Crippen molar-refractivity contribution in [3.63, 3.8) is 0 Å². The van der Waals surface area contributed by atoms with Crippen molar-refractivity contribution in [1.82, 2.24) is 0 Å². The Morgan fingerprint density at radius 3 is 2.33 bits per heavy atom. The van der Waals surface area contributed by atoms with Crippen LogP contribution in [0.4, 0.5) is 0 Å². The molecule has 11 heteroatoms. The van der Waals surface area contributed by atoms with Crippen LogP contribution in [0.15, 0.2) is 30.3 Å². The van der Waals surface area contributed by atoms with Gasteiger partial charge in [0.15, 0.2) is 12.4 Å². The summed E-state index contributed by atoms with van der Waals surface area (Å²) >= 11 is 0. The molecule has 1 fully saturated rings. The fraction of sp³-hybridized carbons (Fsp3) is 0.538. The molecule has 9 nitrogen and oxygen atoms in total. The van der Waals surface area contributed by atoms with Crippen molar-refractivity contribution in [3.05, 3.63) is 35.9 Å². The summed E-state index contributed by atoms with van der Waals surface area (Å²) in [5.41, 5.74) is 0.723. The molecule has 0 radical (unpaired) electrons. The third-order valence-corrected chi connectivity index (χ3v) is 3.77. The summed E-state index contributed by atoms with van der Waals surface area (Å²) in [5.74, 6) is 0. The molecule has 1 aromatic carbocycles. The number of rotatable bonds is 6. The first-order chi connectivity index (χ1) is 10.8. The van der Waals surface area contributed by atoms with E-state index in [-0.39, 0.29) is 36.2 Å². The second kappa shape index (κ2) is 9.55. The predicted molar refractivity (Wildman–Crippen MR) is 73.6 cm³/mol. The molecular weight excluding hydrogens is 355 g/mol. The quantitative estimate of drug-likeness (QED) is 0.255. The van der Waals surface area contributed by atoms with Crippen LogP contribution >= 0.6 is 0 Å². The van der Waals surface area contributed by atoms with Gasteiger partial charge >= 0.3 is 29.6 Å². The summed E-state index contributed by atoms with van der Waals surface area (Å²) in [6.07, 6.45) is -7.85. The minimum atomic E-state index is -5.16. The molecule has 0 amide bonds. The van der Waals surface area contributed by atoms with Crippen molar-refractivity contribution in [1.29, 1.82) is 0 Å². The molecule has 0 aliphatic carbocycles. The van der Waals surface area contributed by atoms with E-state index >= 15 is 0 Å². The average molecular weight is 372 g/mol. The number of hydrogen-bond acceptors (Lipinski definition) is 9. The van der Waals surface area contributed by atoms with Gasteiger partial charge < -0.3 is 29.3 Å². The maximum atomic E-state index is 10.8. The molecule has 5 atom stereocenters. The van der Waals surface area contributed by atoms with E-state index in [0.29, 0.717) is 0 Å². The molecule has 0 saturated carbocycles. The molecular formula is C13H17NaO9S. The van der Waals surface area contributed by atoms with Gasteiger partial charge in [-0.25, -0.2) is 8.42 Å². The molecule has 3 N–H and O–H groups in total. The Balaban J connectivity index is 0.00000288. The maximum absolute atomic E-state index is 10.8. The van der Waals surface area contributed by atoms with Crippen LogP contribution < -0.4 is 29.6 Å². The molecule has 1 aromatic rings. The summed E-state index contributed by atoms with van der Waals surface area (Å²) < 4.78 is 47.1. The van der Waals surface area contributed by atoms with Crippen LogP contribution in [0.25, 0.3) is 0 Å². The standard InChI is InChI=1S/C13H18O9S.Na/c14-6-9-10(15)11(16)12(22-23(17,18)19)13(21-9)20-7-8-4-2-1-3-5-8;/h1-5,9-16H,6-7H2,(H,17,18,19);/q;+1/p-1/t9-,10-,11+,12-,13-;/m1./s1. The monoisotopic (exact) mass is 372 g/mol. The summed E-state index contributed by atoms with van der Waals surface area (Å²) in [7, 11) is -5.16. The van der Waals surface area contributed by atoms with Crippen molar-refractivity contribution in [2.45, 2.75) is 37.3 Å². The fourth-order valence-corrected chi connectivity index (χ4v) is 2.66. The van der Waals surface area contributed by atoms with Gasteiger partial charge in [0.05, 0.1) is 13.2 Å². The topological polar surface area (TPSA) is 146 Å². The van der Waals surface area contributed by atoms with E-state index in [1.807, 2.05) is 0 Å². The van der Waals surface area contributed by atoms with Crippen molar-refractivity contribution < 1.29 is 71.5 Å². The minimum Gasteiger partial charge on any atom is -0.726 e. The van der Waals surface area contributed by atoms with Crippen LogP contribution in [0, 0.1) is 0 Å². The Morgan fingerprint density at radius 2 is 1.79 bits per heavy atom. The molecule has 1 aliphatic heterocycles. The molecule has 130 valence electrons. The third kappa shape index (κ3) is 6.00. The molecule has 0 spiro atoms. The average Bonchev–Trinajstić information content (AvgIpc) is 2.51. The predicted octanol–water partition coefficient (Wildman–Crippen LogP) is -4.51. The van der Waals surface area contributed by atoms with E-state index in [9.17, 15) is 23.2 Å². The van der Waals surface area contributed by atoms with E-state index < -0.39 is 47.7 Å². The van der Waals surface area contributed by atoms with Gasteiger partial charge in [0.2, 0.25) is 10.4 Å². The molecule has 2 rings (SSSR count). The van der Waals surface area contributed by atoms with Crippen LogP contribution in [0.3, 0.4) is 0 Å². The van der Waals surface area contributed by atoms with E-state index in [2.05, 4.69) is 4.18 Å². The van der Waals surface area contributed by atoms with Crippen molar-refractivity contribution in [3.8, 4) is 0 Å². The zero-order valence-electron chi connectivity index (χ0n) is 12.9. The molecule has 1 saturated heterocycles. The number of hydrogen-bond donors (Lipinski definition) is 3. The third-order valence-electron chi connectivity index (χ3n) is 3.31. The van der Waals surface area contributed by atoms with Crippen LogP contribution in [0.5, 0.6) is 0 Å². The smallest absolute Gasteiger partial charge is 0.726 e. The largest absolute Gasteiger partial charge is 1.00 e. The first-order valence-electron chi connectivity index (χ1n) is 6.74. The Bertz CT molecular complexity index is 597. The van der Waals surface area contributed by atoms with Gasteiger partial charge in [-0.05, 0) is 5.56 Å². The number of aliphatic hydroxyl groups excluding tert-OH is 3. The van der Waals surface area contributed by atoms with Crippen LogP contribution in [0.1, 0.15) is 5.56 Å². The van der Waals surface area contributed by atoms with Gasteiger partial charge in [0.1, 0.15) is 18.3 Å². The Morgan fingerprint density at radius 1 is 1.17 bits per heavy atom. The van der Waals surface area contributed by atoms with E-state index in [1.54, 1.807) is 30.3 Å². The van der Waals surface area contributed by atoms with Crippen LogP contribution in [-0.4, -0.2) is 65.6 Å². The Kier molecular flexibility index (Phi) is 8.73. The van der Waals surface area contributed by atoms with Crippen LogP contribution in [0.2, 0.25) is 0 Å². The second-order valence-corrected chi connectivity index (χ2v) is 5.98. The van der Waals surface area contributed by atoms with E-state index in [4.69, 9.17) is 14.6 Å². The number of ether oxygens (including phenoxy) is 2. The normalized spacial score (nSPS) is 30.6. The minimum absolute atomic E-state index is 0. The Labute approximate surface area is 161 Å². The molecule has 0 aromatic heterocycles. The van der Waals surface area contributed by atoms with Crippen molar-refractivity contribution >= 4 is 10.4 Å². The number of aliphatic hydroxyl groups is 3. The Hall–Kier alpha value is -0.110. The summed E-state index contributed by atoms with van der Waals surface area (Å²) in [6, 6.07) is 8.77. The van der Waals surface area contributed by atoms with Gasteiger partial charge in [-0.1, -0.05) is 30.3 Å². The maximum Gasteiger partial charge on any atom is 1.00 e. The molecule has 1 aliphatic rings. The molecule has 0 unspecified atom stereocenters. The van der Waals surface area contributed by atoms with E-state index in [1.165, 1.54) is 0 Å². The molecule has 0 bridgehead atoms. The molecule has 24 heavy (non-hydrogen) atoms. The summed E-state index contributed by atoms with van der Waals surface area (Å²) in [6.45, 7) is -0.661. The zero-order chi connectivity index (χ0) is 17.0. The number of benzene rings is 1. The SMILES string of the molecule is O=S(=O)([O-])O[C@H]1[C@H](OCc2ccccc2)O[C@H](CO)[C@@H](O)[C@@H]1O.[Na+]. The van der Waals surface area contributed by atoms with Gasteiger partial charge in [0, 0.05) is 0 Å². The van der Waals surface area contributed by atoms with Crippen LogP contribution in [-0.2, 0) is 30.7 Å².